The summed E-state index contributed by atoms with van der Waals surface area (Å²) in [5.74, 6) is 1.98. The van der Waals surface area contributed by atoms with Gasteiger partial charge in [-0.05, 0) is 61.1 Å². The zero-order valence-electron chi connectivity index (χ0n) is 30.6. The lowest BCUT2D eigenvalue weighted by Gasteiger charge is -2.23. The highest BCUT2D eigenvalue weighted by molar-refractivity contribution is 5.76. The topological polar surface area (TPSA) is 21.3 Å². The van der Waals surface area contributed by atoms with E-state index < -0.39 is 0 Å². The van der Waals surface area contributed by atoms with Gasteiger partial charge in [0.1, 0.15) is 0 Å². The van der Waals surface area contributed by atoms with E-state index in [0.29, 0.717) is 0 Å². The van der Waals surface area contributed by atoms with Crippen LogP contribution in [-0.2, 0) is 12.8 Å². The number of fused-ring (bicyclic) bond motifs is 2. The van der Waals surface area contributed by atoms with Gasteiger partial charge in [0.25, 0.3) is 0 Å². The van der Waals surface area contributed by atoms with Crippen LogP contribution in [0.5, 0.6) is 11.5 Å². The van der Waals surface area contributed by atoms with Crippen molar-refractivity contribution in [1.82, 2.24) is 0 Å². The van der Waals surface area contributed by atoms with Gasteiger partial charge < -0.3 is 10.1 Å². The molecule has 2 heteroatoms. The van der Waals surface area contributed by atoms with Crippen LogP contribution in [0.2, 0.25) is 0 Å². The molecule has 2 aromatic carbocycles. The molecule has 0 aromatic heterocycles. The number of benzene rings is 2. The fourth-order valence-corrected chi connectivity index (χ4v) is 7.13. The molecule has 0 fully saturated rings. The third-order valence-electron chi connectivity index (χ3n) is 10.2. The van der Waals surface area contributed by atoms with Gasteiger partial charge in [0, 0.05) is 0 Å². The van der Waals surface area contributed by atoms with Crippen LogP contribution in [0.1, 0.15) is 205 Å². The number of aryl methyl sites for hydroxylation is 2. The first-order valence-electron chi connectivity index (χ1n) is 20.5. The minimum absolute atomic E-state index is 0.990. The van der Waals surface area contributed by atoms with E-state index >= 15 is 0 Å². The van der Waals surface area contributed by atoms with Gasteiger partial charge in [0.05, 0.1) is 11.4 Å². The van der Waals surface area contributed by atoms with Gasteiger partial charge >= 0.3 is 0 Å². The predicted octanol–water partition coefficient (Wildman–Crippen LogP) is 15.6. The Kier molecular flexibility index (Phi) is 21.8. The number of hydrogen-bond acceptors (Lipinski definition) is 2. The van der Waals surface area contributed by atoms with Crippen molar-refractivity contribution in [3.05, 3.63) is 47.5 Å². The molecular weight excluding hydrogens is 558 g/mol. The van der Waals surface area contributed by atoms with Crippen LogP contribution in [0.15, 0.2) is 36.4 Å². The van der Waals surface area contributed by atoms with Gasteiger partial charge in [-0.3, -0.25) is 0 Å². The second-order valence-electron chi connectivity index (χ2n) is 14.6. The summed E-state index contributed by atoms with van der Waals surface area (Å²) in [5.41, 5.74) is 5.00. The van der Waals surface area contributed by atoms with Crippen molar-refractivity contribution in [1.29, 1.82) is 0 Å². The maximum atomic E-state index is 6.44. The molecule has 0 spiro atoms. The average Bonchev–Trinajstić information content (AvgIpc) is 3.07. The zero-order valence-corrected chi connectivity index (χ0v) is 30.6. The number of anilines is 2. The van der Waals surface area contributed by atoms with E-state index in [1.807, 2.05) is 0 Å². The molecule has 2 aromatic rings. The van der Waals surface area contributed by atoms with E-state index in [0.717, 1.165) is 35.7 Å². The highest BCUT2D eigenvalue weighted by Crippen LogP contribution is 2.43. The normalized spacial score (nSPS) is 12.0. The summed E-state index contributed by atoms with van der Waals surface area (Å²) >= 11 is 0. The molecule has 46 heavy (non-hydrogen) atoms. The summed E-state index contributed by atoms with van der Waals surface area (Å²) in [7, 11) is 0. The molecule has 3 rings (SSSR count). The quantitative estimate of drug-likeness (QED) is 0.0739. The molecule has 260 valence electrons. The molecule has 0 unspecified atom stereocenters. The Hall–Kier alpha value is -1.96. The minimum Gasteiger partial charge on any atom is -0.453 e. The van der Waals surface area contributed by atoms with Gasteiger partial charge in [0.2, 0.25) is 0 Å². The van der Waals surface area contributed by atoms with E-state index in [-0.39, 0.29) is 0 Å². The predicted molar refractivity (Wildman–Crippen MR) is 204 cm³/mol. The fourth-order valence-electron chi connectivity index (χ4n) is 7.13. The highest BCUT2D eigenvalue weighted by atomic mass is 16.5. The van der Waals surface area contributed by atoms with E-state index in [2.05, 4.69) is 55.6 Å². The molecular formula is C44H73NO. The summed E-state index contributed by atoms with van der Waals surface area (Å²) in [5, 5.41) is 3.61. The fraction of sp³-hybridized carbons (Fsp3) is 0.727. The molecule has 0 aliphatic carbocycles. The first-order chi connectivity index (χ1) is 22.8. The molecule has 0 saturated heterocycles. The van der Waals surface area contributed by atoms with Crippen LogP contribution in [-0.4, -0.2) is 0 Å². The highest BCUT2D eigenvalue weighted by Gasteiger charge is 2.17. The van der Waals surface area contributed by atoms with Crippen LogP contribution in [0.25, 0.3) is 0 Å². The van der Waals surface area contributed by atoms with Crippen molar-refractivity contribution < 1.29 is 4.74 Å². The van der Waals surface area contributed by atoms with Crippen molar-refractivity contribution in [3.8, 4) is 11.5 Å². The van der Waals surface area contributed by atoms with Crippen molar-refractivity contribution in [2.45, 2.75) is 206 Å². The molecule has 1 heterocycles. The summed E-state index contributed by atoms with van der Waals surface area (Å²) in [6, 6.07) is 13.5. The summed E-state index contributed by atoms with van der Waals surface area (Å²) in [6.45, 7) is 4.60. The van der Waals surface area contributed by atoms with Gasteiger partial charge in [-0.15, -0.1) is 0 Å². The van der Waals surface area contributed by atoms with Crippen LogP contribution >= 0.6 is 0 Å². The molecule has 1 aliphatic heterocycles. The third kappa shape index (κ3) is 17.3. The summed E-state index contributed by atoms with van der Waals surface area (Å²) in [4.78, 5) is 0. The monoisotopic (exact) mass is 632 g/mol. The lowest BCUT2D eigenvalue weighted by molar-refractivity contribution is 0.479. The Morgan fingerprint density at radius 2 is 0.652 bits per heavy atom. The molecule has 0 saturated carbocycles. The van der Waals surface area contributed by atoms with Gasteiger partial charge in [-0.25, -0.2) is 0 Å². The van der Waals surface area contributed by atoms with E-state index in [1.54, 1.807) is 0 Å². The van der Waals surface area contributed by atoms with Crippen LogP contribution in [0.4, 0.5) is 11.4 Å². The lowest BCUT2D eigenvalue weighted by Crippen LogP contribution is -2.04. The summed E-state index contributed by atoms with van der Waals surface area (Å²) in [6.07, 6.45) is 41.8. The van der Waals surface area contributed by atoms with Gasteiger partial charge in [-0.1, -0.05) is 193 Å². The first-order valence-corrected chi connectivity index (χ1v) is 20.5. The Bertz CT molecular complexity index is 933. The van der Waals surface area contributed by atoms with Crippen molar-refractivity contribution >= 4 is 11.4 Å². The Labute approximate surface area is 286 Å². The van der Waals surface area contributed by atoms with Gasteiger partial charge in [-0.2, -0.15) is 0 Å². The van der Waals surface area contributed by atoms with Crippen molar-refractivity contribution in [2.75, 3.05) is 5.32 Å². The molecule has 0 amide bonds. The van der Waals surface area contributed by atoms with E-state index in [4.69, 9.17) is 4.74 Å². The van der Waals surface area contributed by atoms with Crippen LogP contribution in [0, 0.1) is 0 Å². The number of rotatable bonds is 30. The maximum Gasteiger partial charge on any atom is 0.151 e. The second-order valence-corrected chi connectivity index (χ2v) is 14.6. The molecule has 0 atom stereocenters. The Morgan fingerprint density at radius 3 is 0.957 bits per heavy atom. The van der Waals surface area contributed by atoms with Crippen LogP contribution < -0.4 is 10.1 Å². The molecule has 1 aliphatic rings. The first kappa shape index (κ1) is 38.5. The molecule has 0 radical (unpaired) electrons. The SMILES string of the molecule is CCCCCCCCCCCCCCCCc1ccc2c(c1)Oc1cc(CCCCCCCCCCCCCCCC)ccc1N2. The minimum atomic E-state index is 0.990. The smallest absolute Gasteiger partial charge is 0.151 e. The number of hydrogen-bond donors (Lipinski definition) is 1. The molecule has 1 N–H and O–H groups in total. The lowest BCUT2D eigenvalue weighted by atomic mass is 10.0. The van der Waals surface area contributed by atoms with Crippen LogP contribution in [0.3, 0.4) is 0 Å². The van der Waals surface area contributed by atoms with Crippen molar-refractivity contribution in [2.24, 2.45) is 0 Å². The molecule has 2 nitrogen and oxygen atoms in total. The largest absolute Gasteiger partial charge is 0.453 e. The van der Waals surface area contributed by atoms with E-state index in [1.165, 1.54) is 191 Å². The zero-order chi connectivity index (χ0) is 32.3. The maximum absolute atomic E-state index is 6.44. The van der Waals surface area contributed by atoms with E-state index in [9.17, 15) is 0 Å². The van der Waals surface area contributed by atoms with Crippen molar-refractivity contribution in [3.63, 3.8) is 0 Å². The average molecular weight is 632 g/mol. The Balaban J connectivity index is 1.20. The third-order valence-corrected chi connectivity index (χ3v) is 10.2. The number of ether oxygens (including phenoxy) is 1. The standard InChI is InChI=1S/C44H73NO/c1-3-5-7-9-11-13-15-17-19-21-23-25-27-29-31-39-33-35-41-43(37-39)46-44-38-40(34-36-42(44)45-41)32-30-28-26-24-22-20-18-16-14-12-10-8-6-4-2/h33-38,45H,3-32H2,1-2H3. The molecule has 0 bridgehead atoms. The Morgan fingerprint density at radius 1 is 0.370 bits per heavy atom. The number of unbranched alkanes of at least 4 members (excludes halogenated alkanes) is 26. The number of nitrogens with one attached hydrogen (secondary N) is 1. The second kappa shape index (κ2) is 26.0. The summed E-state index contributed by atoms with van der Waals surface area (Å²) < 4.78 is 6.44. The van der Waals surface area contributed by atoms with Gasteiger partial charge in [0.15, 0.2) is 11.5 Å².